The Hall–Kier alpha value is -1.41. The van der Waals surface area contributed by atoms with Crippen molar-refractivity contribution in [2.24, 2.45) is 0 Å². The summed E-state index contributed by atoms with van der Waals surface area (Å²) in [6.07, 6.45) is 4.08. The van der Waals surface area contributed by atoms with Crippen LogP contribution in [0.4, 0.5) is 0 Å². The van der Waals surface area contributed by atoms with Crippen LogP contribution in [0.2, 0.25) is 0 Å². The second-order valence-electron chi connectivity index (χ2n) is 3.97. The highest BCUT2D eigenvalue weighted by Crippen LogP contribution is 2.22. The first-order valence-electron chi connectivity index (χ1n) is 5.31. The molecule has 82 valence electrons. The van der Waals surface area contributed by atoms with Crippen LogP contribution in [-0.2, 0) is 0 Å². The van der Waals surface area contributed by atoms with E-state index >= 15 is 0 Å². The Morgan fingerprint density at radius 3 is 2.75 bits per heavy atom. The molecule has 16 heavy (non-hydrogen) atoms. The largest absolute Gasteiger partial charge is 0.261 e. The van der Waals surface area contributed by atoms with Crippen LogP contribution in [0.15, 0.2) is 29.1 Å². The Balaban J connectivity index is 2.43. The van der Waals surface area contributed by atoms with E-state index < -0.39 is 0 Å². The number of nitrogens with zero attached hydrogens (tertiary/aromatic N) is 1. The lowest BCUT2D eigenvalue weighted by molar-refractivity contribution is 1.16. The van der Waals surface area contributed by atoms with Gasteiger partial charge in [0, 0.05) is 11.9 Å². The predicted octanol–water partition coefficient (Wildman–Crippen LogP) is 4.32. The summed E-state index contributed by atoms with van der Waals surface area (Å²) in [5.74, 6) is 0. The van der Waals surface area contributed by atoms with Crippen LogP contribution in [0.5, 0.6) is 0 Å². The number of aryl methyl sites for hydroxylation is 2. The van der Waals surface area contributed by atoms with E-state index in [2.05, 4.69) is 54.7 Å². The number of hydrogen-bond acceptors (Lipinski definition) is 2. The summed E-state index contributed by atoms with van der Waals surface area (Å²) in [4.78, 5) is 4.33. The fourth-order valence-electron chi connectivity index (χ4n) is 1.71. The number of thiophene rings is 1. The standard InChI is InChI=1S/C14H15NS/c1-10-4-6-15-12(3)14(10)8-11(2)13-5-7-16-9-13/h4-9H,1-3H3/b11-8+. The van der Waals surface area contributed by atoms with Gasteiger partial charge in [-0.15, -0.1) is 0 Å². The minimum Gasteiger partial charge on any atom is -0.261 e. The zero-order valence-electron chi connectivity index (χ0n) is 9.82. The fraction of sp³-hybridized carbons (Fsp3) is 0.214. The molecule has 0 N–H and O–H groups in total. The van der Waals surface area contributed by atoms with Crippen LogP contribution in [-0.4, -0.2) is 4.98 Å². The van der Waals surface area contributed by atoms with Gasteiger partial charge in [-0.3, -0.25) is 4.98 Å². The summed E-state index contributed by atoms with van der Waals surface area (Å²) in [5, 5.41) is 4.28. The summed E-state index contributed by atoms with van der Waals surface area (Å²) in [7, 11) is 0. The van der Waals surface area contributed by atoms with Crippen LogP contribution in [0, 0.1) is 13.8 Å². The monoisotopic (exact) mass is 229 g/mol. The van der Waals surface area contributed by atoms with Gasteiger partial charge in [0.25, 0.3) is 0 Å². The van der Waals surface area contributed by atoms with Crippen molar-refractivity contribution in [3.05, 3.63) is 51.5 Å². The third kappa shape index (κ3) is 2.22. The summed E-state index contributed by atoms with van der Waals surface area (Å²) in [6.45, 7) is 6.33. The van der Waals surface area contributed by atoms with Gasteiger partial charge >= 0.3 is 0 Å². The average Bonchev–Trinajstić information content (AvgIpc) is 2.76. The van der Waals surface area contributed by atoms with Crippen LogP contribution < -0.4 is 0 Å². The third-order valence-electron chi connectivity index (χ3n) is 2.74. The normalized spacial score (nSPS) is 11.8. The molecule has 0 aliphatic rings. The summed E-state index contributed by atoms with van der Waals surface area (Å²) in [5.41, 5.74) is 6.20. The third-order valence-corrected chi connectivity index (χ3v) is 3.43. The Morgan fingerprint density at radius 1 is 1.31 bits per heavy atom. The average molecular weight is 229 g/mol. The van der Waals surface area contributed by atoms with Gasteiger partial charge in [0.05, 0.1) is 0 Å². The highest BCUT2D eigenvalue weighted by Gasteiger charge is 2.02. The molecule has 2 heterocycles. The molecule has 0 bridgehead atoms. The first kappa shape index (κ1) is 11.1. The van der Waals surface area contributed by atoms with E-state index in [-0.39, 0.29) is 0 Å². The summed E-state index contributed by atoms with van der Waals surface area (Å²) >= 11 is 1.73. The molecule has 0 amide bonds. The molecule has 0 saturated carbocycles. The van der Waals surface area contributed by atoms with Crippen molar-refractivity contribution in [2.45, 2.75) is 20.8 Å². The molecule has 0 fully saturated rings. The van der Waals surface area contributed by atoms with Crippen molar-refractivity contribution in [3.63, 3.8) is 0 Å². The number of allylic oxidation sites excluding steroid dienone is 1. The molecule has 0 spiro atoms. The number of rotatable bonds is 2. The van der Waals surface area contributed by atoms with E-state index in [0.717, 1.165) is 5.69 Å². The van der Waals surface area contributed by atoms with E-state index in [1.54, 1.807) is 11.3 Å². The quantitative estimate of drug-likeness (QED) is 0.747. The lowest BCUT2D eigenvalue weighted by Crippen LogP contribution is -1.90. The molecule has 0 aliphatic heterocycles. The highest BCUT2D eigenvalue weighted by molar-refractivity contribution is 7.08. The molecule has 0 unspecified atom stereocenters. The lowest BCUT2D eigenvalue weighted by Gasteiger charge is -2.05. The van der Waals surface area contributed by atoms with Gasteiger partial charge in [-0.25, -0.2) is 0 Å². The Kier molecular flexibility index (Phi) is 3.20. The summed E-state index contributed by atoms with van der Waals surface area (Å²) in [6, 6.07) is 4.21. The Labute approximate surface area is 100 Å². The molecule has 0 aromatic carbocycles. The molecule has 1 nitrogen and oxygen atoms in total. The Morgan fingerprint density at radius 2 is 2.12 bits per heavy atom. The van der Waals surface area contributed by atoms with Crippen molar-refractivity contribution in [1.29, 1.82) is 0 Å². The zero-order chi connectivity index (χ0) is 11.5. The van der Waals surface area contributed by atoms with Crippen LogP contribution in [0.3, 0.4) is 0 Å². The SMILES string of the molecule is C/C(=C\c1c(C)ccnc1C)c1ccsc1. The van der Waals surface area contributed by atoms with Crippen LogP contribution >= 0.6 is 11.3 Å². The maximum atomic E-state index is 4.33. The van der Waals surface area contributed by atoms with Gasteiger partial charge in [0.2, 0.25) is 0 Å². The molecule has 2 rings (SSSR count). The van der Waals surface area contributed by atoms with Crippen LogP contribution in [0.1, 0.15) is 29.3 Å². The van der Waals surface area contributed by atoms with Crippen molar-refractivity contribution >= 4 is 23.0 Å². The molecule has 0 saturated heterocycles. The molecular formula is C14H15NS. The van der Waals surface area contributed by atoms with Gasteiger partial charge < -0.3 is 0 Å². The van der Waals surface area contributed by atoms with Crippen molar-refractivity contribution in [3.8, 4) is 0 Å². The lowest BCUT2D eigenvalue weighted by atomic mass is 10.0. The molecule has 2 aromatic rings. The van der Waals surface area contributed by atoms with Crippen molar-refractivity contribution < 1.29 is 0 Å². The predicted molar refractivity (Wildman–Crippen MR) is 71.6 cm³/mol. The van der Waals surface area contributed by atoms with Gasteiger partial charge in [-0.2, -0.15) is 11.3 Å². The first-order chi connectivity index (χ1) is 7.68. The summed E-state index contributed by atoms with van der Waals surface area (Å²) < 4.78 is 0. The highest BCUT2D eigenvalue weighted by atomic mass is 32.1. The second-order valence-corrected chi connectivity index (χ2v) is 4.75. The topological polar surface area (TPSA) is 12.9 Å². The minimum absolute atomic E-state index is 1.09. The maximum absolute atomic E-state index is 4.33. The molecule has 2 heteroatoms. The molecular weight excluding hydrogens is 214 g/mol. The fourth-order valence-corrected chi connectivity index (χ4v) is 2.43. The van der Waals surface area contributed by atoms with Crippen molar-refractivity contribution in [1.82, 2.24) is 4.98 Å². The number of aromatic nitrogens is 1. The van der Waals surface area contributed by atoms with Crippen LogP contribution in [0.25, 0.3) is 11.6 Å². The smallest absolute Gasteiger partial charge is 0.0447 e. The van der Waals surface area contributed by atoms with E-state index in [4.69, 9.17) is 0 Å². The van der Waals surface area contributed by atoms with Gasteiger partial charge in [0.1, 0.15) is 0 Å². The molecule has 0 radical (unpaired) electrons. The van der Waals surface area contributed by atoms with Crippen molar-refractivity contribution in [2.75, 3.05) is 0 Å². The zero-order valence-corrected chi connectivity index (χ0v) is 10.6. The van der Waals surface area contributed by atoms with E-state index in [9.17, 15) is 0 Å². The molecule has 0 atom stereocenters. The second kappa shape index (κ2) is 4.62. The maximum Gasteiger partial charge on any atom is 0.0447 e. The van der Waals surface area contributed by atoms with Gasteiger partial charge in [-0.1, -0.05) is 0 Å². The van der Waals surface area contributed by atoms with Gasteiger partial charge in [0.15, 0.2) is 0 Å². The molecule has 2 aromatic heterocycles. The van der Waals surface area contributed by atoms with Gasteiger partial charge in [-0.05, 0) is 72.0 Å². The number of pyridine rings is 1. The molecule has 0 aliphatic carbocycles. The first-order valence-corrected chi connectivity index (χ1v) is 6.26. The van der Waals surface area contributed by atoms with E-state index in [1.807, 2.05) is 6.20 Å². The van der Waals surface area contributed by atoms with E-state index in [1.165, 1.54) is 22.3 Å². The number of hydrogen-bond donors (Lipinski definition) is 0. The van der Waals surface area contributed by atoms with E-state index in [0.29, 0.717) is 0 Å². The minimum atomic E-state index is 1.09. The Bertz CT molecular complexity index is 489.